The molecular formula is C55H100N4O17. The molecule has 0 aliphatic carbocycles. The van der Waals surface area contributed by atoms with Crippen molar-refractivity contribution in [1.29, 1.82) is 0 Å². The third-order valence-electron chi connectivity index (χ3n) is 11.0. The van der Waals surface area contributed by atoms with Crippen LogP contribution in [0.25, 0.3) is 0 Å². The Hall–Kier alpha value is -4.09. The normalized spacial score (nSPS) is 12.7. The molecule has 0 saturated heterocycles. The molecular weight excluding hydrogens is 989 g/mol. The maximum Gasteiger partial charge on any atom is 0.326 e. The summed E-state index contributed by atoms with van der Waals surface area (Å²) in [6, 6.07) is -1.29. The van der Waals surface area contributed by atoms with Gasteiger partial charge in [0.1, 0.15) is 43.2 Å². The molecule has 0 aliphatic rings. The van der Waals surface area contributed by atoms with E-state index in [4.69, 9.17) is 28.4 Å². The zero-order valence-corrected chi connectivity index (χ0v) is 48.5. The zero-order valence-electron chi connectivity index (χ0n) is 48.5. The predicted octanol–water partition coefficient (Wildman–Crippen LogP) is 5.24. The summed E-state index contributed by atoms with van der Waals surface area (Å²) in [5, 5.41) is 30.6. The monoisotopic (exact) mass is 1090 g/mol. The van der Waals surface area contributed by atoms with Crippen molar-refractivity contribution >= 4 is 52.7 Å². The highest BCUT2D eigenvalue weighted by molar-refractivity contribution is 5.87. The van der Waals surface area contributed by atoms with Crippen molar-refractivity contribution in [1.82, 2.24) is 21.3 Å². The molecule has 21 nitrogen and oxygen atoms in total. The maximum atomic E-state index is 12.3. The molecule has 6 N–H and O–H groups in total. The van der Waals surface area contributed by atoms with Gasteiger partial charge in [0.2, 0.25) is 11.8 Å². The van der Waals surface area contributed by atoms with Crippen LogP contribution < -0.4 is 21.3 Å². The van der Waals surface area contributed by atoms with Gasteiger partial charge in [0.25, 0.3) is 0 Å². The quantitative estimate of drug-likeness (QED) is 0.0425. The highest BCUT2D eigenvalue weighted by Gasteiger charge is 2.26. The van der Waals surface area contributed by atoms with Gasteiger partial charge in [-0.1, -0.05) is 41.5 Å². The topological polar surface area (TPSA) is 298 Å². The number of carboxylic acid groups (broad SMARTS) is 2. The maximum absolute atomic E-state index is 12.3. The van der Waals surface area contributed by atoms with Crippen LogP contribution in [0.1, 0.15) is 167 Å². The van der Waals surface area contributed by atoms with Gasteiger partial charge < -0.3 is 59.9 Å². The Morgan fingerprint density at radius 2 is 0.816 bits per heavy atom. The number of ketones is 5. The van der Waals surface area contributed by atoms with E-state index in [1.807, 2.05) is 62.3 Å². The van der Waals surface area contributed by atoms with E-state index in [1.165, 1.54) is 0 Å². The lowest BCUT2D eigenvalue weighted by molar-refractivity contribution is -0.145. The van der Waals surface area contributed by atoms with Gasteiger partial charge in [-0.3, -0.25) is 38.4 Å². The fourth-order valence-corrected chi connectivity index (χ4v) is 6.22. The van der Waals surface area contributed by atoms with Crippen molar-refractivity contribution in [3.63, 3.8) is 0 Å². The van der Waals surface area contributed by atoms with Crippen molar-refractivity contribution in [2.45, 2.75) is 184 Å². The number of carbonyl (C=O) groups is 9. The molecule has 0 spiro atoms. The number of Topliss-reactive ketones (excluding diaryl/α,β-unsaturated/α-hetero) is 5. The van der Waals surface area contributed by atoms with Crippen molar-refractivity contribution in [3.05, 3.63) is 0 Å². The lowest BCUT2D eigenvalue weighted by Crippen LogP contribution is -2.41. The number of nitrogens with one attached hydrogen (secondary N) is 4. The Morgan fingerprint density at radius 3 is 1.25 bits per heavy atom. The summed E-state index contributed by atoms with van der Waals surface area (Å²) < 4.78 is 32.0. The first-order chi connectivity index (χ1) is 35.3. The Labute approximate surface area is 453 Å². The Bertz CT molecular complexity index is 1700. The summed E-state index contributed by atoms with van der Waals surface area (Å²) in [5.41, 5.74) is -0.857. The van der Waals surface area contributed by atoms with Crippen molar-refractivity contribution in [3.8, 4) is 0 Å². The van der Waals surface area contributed by atoms with Crippen molar-refractivity contribution < 1.29 is 81.8 Å². The van der Waals surface area contributed by atoms with Gasteiger partial charge in [-0.25, -0.2) is 4.79 Å². The van der Waals surface area contributed by atoms with Gasteiger partial charge in [-0.15, -0.1) is 0 Å². The van der Waals surface area contributed by atoms with Gasteiger partial charge in [0, 0.05) is 86.6 Å². The second-order valence-electron chi connectivity index (χ2n) is 22.8. The Morgan fingerprint density at radius 1 is 0.408 bits per heavy atom. The van der Waals surface area contributed by atoms with Crippen molar-refractivity contribution in [2.75, 3.05) is 98.9 Å². The molecule has 21 heteroatoms. The molecule has 0 saturated carbocycles. The van der Waals surface area contributed by atoms with Crippen LogP contribution in [-0.4, -0.2) is 179 Å². The lowest BCUT2D eigenvalue weighted by Gasteiger charge is -2.20. The predicted molar refractivity (Wildman–Crippen MR) is 288 cm³/mol. The fraction of sp³-hybridized carbons (Fsp3) is 0.836. The average molecular weight is 1090 g/mol. The standard InChI is InChI=1S/C30H52N2O10.C25H48N2O7/c1-29(2,3)25(35)20-42-18-17-41-16-8-10-22(33)12-13-24(28(39)40)32-26(36)14-11-21(27(37)38)19-23(34)9-7-15-31-30(4,5)6;1-24(2,3)22(29)19-33-17-16-32-14-12-26-23(30)20-34-18-15-31-13-8-10-21(28)9-7-11-27-25(4,5)6/h21,24,31H,7-20H2,1-6H3,(H,32,36)(H,37,38)(H,39,40);27H,7-20H2,1-6H3,(H,26,30)/t21-,24+;/m1./s1. The number of carbonyl (C=O) groups excluding carboxylic acids is 7. The summed E-state index contributed by atoms with van der Waals surface area (Å²) in [6.07, 6.45) is 3.41. The molecule has 0 heterocycles. The first-order valence-corrected chi connectivity index (χ1v) is 26.9. The van der Waals surface area contributed by atoms with E-state index in [0.29, 0.717) is 91.4 Å². The number of aliphatic carboxylic acids is 2. The van der Waals surface area contributed by atoms with Gasteiger partial charge in [-0.2, -0.15) is 0 Å². The minimum atomic E-state index is -1.29. The first-order valence-electron chi connectivity index (χ1n) is 26.9. The smallest absolute Gasteiger partial charge is 0.326 e. The molecule has 0 bridgehead atoms. The van der Waals surface area contributed by atoms with Gasteiger partial charge >= 0.3 is 11.9 Å². The van der Waals surface area contributed by atoms with Crippen LogP contribution in [-0.2, 0) is 71.6 Å². The van der Waals surface area contributed by atoms with Crippen LogP contribution in [0, 0.1) is 16.7 Å². The summed E-state index contributed by atoms with van der Waals surface area (Å²) in [5.74, 6) is -4.45. The third-order valence-corrected chi connectivity index (χ3v) is 11.0. The summed E-state index contributed by atoms with van der Waals surface area (Å²) in [4.78, 5) is 107. The molecule has 0 aliphatic heterocycles. The van der Waals surface area contributed by atoms with Gasteiger partial charge in [0.15, 0.2) is 11.6 Å². The molecule has 0 rings (SSSR count). The van der Waals surface area contributed by atoms with E-state index in [1.54, 1.807) is 0 Å². The van der Waals surface area contributed by atoms with E-state index in [-0.39, 0.29) is 124 Å². The molecule has 0 aromatic rings. The van der Waals surface area contributed by atoms with Gasteiger partial charge in [-0.05, 0) is 93.2 Å². The molecule has 442 valence electrons. The van der Waals surface area contributed by atoms with Crippen LogP contribution in [0.3, 0.4) is 0 Å². The number of amides is 2. The third kappa shape index (κ3) is 48.3. The minimum Gasteiger partial charge on any atom is -0.481 e. The number of carboxylic acids is 2. The van der Waals surface area contributed by atoms with Crippen LogP contribution in [0.5, 0.6) is 0 Å². The number of rotatable bonds is 45. The molecule has 0 radical (unpaired) electrons. The summed E-state index contributed by atoms with van der Waals surface area (Å²) in [6.45, 7) is 28.4. The minimum absolute atomic E-state index is 0.00381. The Kier molecular flexibility index (Phi) is 40.8. The average Bonchev–Trinajstić information content (AvgIpc) is 3.30. The number of hydrogen-bond acceptors (Lipinski definition) is 17. The SMILES string of the molecule is CC(C)(C)NCCCC(=O)CCCOCCOCC(=O)NCCOCCOCC(=O)C(C)(C)C.CC(C)(C)NCCCC(=O)C[C@@H](CCC(=O)N[C@@H](CCC(=O)CCCOCCOCC(=O)C(C)(C)C)C(=O)O)C(=O)O. The van der Waals surface area contributed by atoms with Gasteiger partial charge in [0.05, 0.1) is 52.2 Å². The van der Waals surface area contributed by atoms with E-state index in [0.717, 1.165) is 13.0 Å². The molecule has 2 amide bonds. The van der Waals surface area contributed by atoms with Crippen LogP contribution in [0.2, 0.25) is 0 Å². The Balaban J connectivity index is 0. The van der Waals surface area contributed by atoms with E-state index in [2.05, 4.69) is 42.0 Å². The molecule has 0 unspecified atom stereocenters. The largest absolute Gasteiger partial charge is 0.481 e. The summed E-state index contributed by atoms with van der Waals surface area (Å²) in [7, 11) is 0. The highest BCUT2D eigenvalue weighted by atomic mass is 16.5. The molecule has 2 atom stereocenters. The summed E-state index contributed by atoms with van der Waals surface area (Å²) >= 11 is 0. The number of ether oxygens (including phenoxy) is 6. The van der Waals surface area contributed by atoms with Crippen LogP contribution in [0.4, 0.5) is 0 Å². The first kappa shape index (κ1) is 74.0. The van der Waals surface area contributed by atoms with E-state index >= 15 is 0 Å². The van der Waals surface area contributed by atoms with E-state index in [9.17, 15) is 53.4 Å². The lowest BCUT2D eigenvalue weighted by atomic mass is 9.91. The fourth-order valence-electron chi connectivity index (χ4n) is 6.22. The second kappa shape index (κ2) is 41.9. The van der Waals surface area contributed by atoms with Crippen molar-refractivity contribution in [2.24, 2.45) is 16.7 Å². The van der Waals surface area contributed by atoms with Crippen LogP contribution in [0.15, 0.2) is 0 Å². The van der Waals surface area contributed by atoms with Crippen LogP contribution >= 0.6 is 0 Å². The highest BCUT2D eigenvalue weighted by Crippen LogP contribution is 2.17. The van der Waals surface area contributed by atoms with E-state index < -0.39 is 40.6 Å². The molecule has 76 heavy (non-hydrogen) atoms. The second-order valence-corrected chi connectivity index (χ2v) is 22.8. The molecule has 0 fully saturated rings. The number of hydrogen-bond donors (Lipinski definition) is 6. The zero-order chi connectivity index (χ0) is 58.2. The molecule has 0 aromatic heterocycles. The molecule has 0 aromatic carbocycles.